The maximum Gasteiger partial charge on any atom is 0.251 e. The highest BCUT2D eigenvalue weighted by atomic mass is 16.1. The summed E-state index contributed by atoms with van der Waals surface area (Å²) in [7, 11) is 1.64. The number of amides is 1. The molecule has 3 N–H and O–H groups in total. The van der Waals surface area contributed by atoms with Crippen molar-refractivity contribution in [1.29, 1.82) is 0 Å². The molecular formula is C14H21N3O. The van der Waals surface area contributed by atoms with Gasteiger partial charge in [0.25, 0.3) is 5.91 Å². The average molecular weight is 247 g/mol. The van der Waals surface area contributed by atoms with Crippen LogP contribution in [-0.2, 0) is 0 Å². The maximum absolute atomic E-state index is 11.7. The van der Waals surface area contributed by atoms with Crippen molar-refractivity contribution in [1.82, 2.24) is 5.32 Å². The van der Waals surface area contributed by atoms with Crippen LogP contribution in [-0.4, -0.2) is 25.0 Å². The Hall–Kier alpha value is -1.71. The van der Waals surface area contributed by atoms with Crippen molar-refractivity contribution in [3.8, 4) is 0 Å². The molecule has 2 rings (SSSR count). The molecule has 1 fully saturated rings. The molecule has 1 aliphatic heterocycles. The molecule has 0 radical (unpaired) electrons. The molecule has 4 heteroatoms. The zero-order chi connectivity index (χ0) is 13.3. The van der Waals surface area contributed by atoms with Crippen molar-refractivity contribution in [3.63, 3.8) is 0 Å². The number of hydrogen-bond acceptors (Lipinski definition) is 3. The summed E-state index contributed by atoms with van der Waals surface area (Å²) in [6.45, 7) is 5.42. The Morgan fingerprint density at radius 3 is 2.72 bits per heavy atom. The number of nitrogens with two attached hydrogens (primary N) is 1. The Balaban J connectivity index is 2.41. The second kappa shape index (κ2) is 4.52. The molecule has 0 aliphatic carbocycles. The second-order valence-electron chi connectivity index (χ2n) is 5.42. The largest absolute Gasteiger partial charge is 0.397 e. The minimum atomic E-state index is -0.0757. The fourth-order valence-electron chi connectivity index (χ4n) is 2.62. The highest BCUT2D eigenvalue weighted by Gasteiger charge is 2.33. The minimum Gasteiger partial charge on any atom is -0.397 e. The Labute approximate surface area is 108 Å². The lowest BCUT2D eigenvalue weighted by atomic mass is 10.0. The van der Waals surface area contributed by atoms with Gasteiger partial charge in [0.2, 0.25) is 0 Å². The van der Waals surface area contributed by atoms with Gasteiger partial charge >= 0.3 is 0 Å². The molecule has 1 aliphatic rings. The molecule has 1 aromatic carbocycles. The predicted octanol–water partition coefficient (Wildman–Crippen LogP) is 2.01. The molecule has 1 saturated heterocycles. The lowest BCUT2D eigenvalue weighted by Crippen LogP contribution is -2.38. The van der Waals surface area contributed by atoms with Crippen LogP contribution in [0.1, 0.15) is 37.0 Å². The van der Waals surface area contributed by atoms with E-state index in [4.69, 9.17) is 5.73 Å². The zero-order valence-electron chi connectivity index (χ0n) is 11.3. The summed E-state index contributed by atoms with van der Waals surface area (Å²) in [5.41, 5.74) is 8.53. The predicted molar refractivity (Wildman–Crippen MR) is 74.9 cm³/mol. The van der Waals surface area contributed by atoms with Crippen molar-refractivity contribution < 1.29 is 4.79 Å². The van der Waals surface area contributed by atoms with Gasteiger partial charge in [-0.15, -0.1) is 0 Å². The third-order valence-corrected chi connectivity index (χ3v) is 3.71. The van der Waals surface area contributed by atoms with Crippen molar-refractivity contribution in [3.05, 3.63) is 23.8 Å². The number of hydrogen-bond donors (Lipinski definition) is 2. The molecule has 0 aromatic heterocycles. The van der Waals surface area contributed by atoms with Crippen LogP contribution in [0.3, 0.4) is 0 Å². The summed E-state index contributed by atoms with van der Waals surface area (Å²) < 4.78 is 0. The number of carbonyl (C=O) groups is 1. The molecule has 1 amide bonds. The monoisotopic (exact) mass is 247 g/mol. The fraction of sp³-hybridized carbons (Fsp3) is 0.500. The number of nitrogen functional groups attached to an aromatic ring is 1. The van der Waals surface area contributed by atoms with E-state index in [0.717, 1.165) is 30.8 Å². The van der Waals surface area contributed by atoms with E-state index >= 15 is 0 Å². The van der Waals surface area contributed by atoms with Gasteiger partial charge in [0.15, 0.2) is 0 Å². The molecule has 0 atom stereocenters. The Kier molecular flexibility index (Phi) is 3.20. The van der Waals surface area contributed by atoms with Crippen LogP contribution >= 0.6 is 0 Å². The number of carbonyl (C=O) groups excluding carboxylic acids is 1. The number of anilines is 2. The summed E-state index contributed by atoms with van der Waals surface area (Å²) in [4.78, 5) is 14.0. The summed E-state index contributed by atoms with van der Waals surface area (Å²) in [6, 6.07) is 5.47. The van der Waals surface area contributed by atoms with Crippen molar-refractivity contribution in [2.75, 3.05) is 24.2 Å². The van der Waals surface area contributed by atoms with Gasteiger partial charge < -0.3 is 16.0 Å². The molecule has 0 unspecified atom stereocenters. The second-order valence-corrected chi connectivity index (χ2v) is 5.42. The van der Waals surface area contributed by atoms with Gasteiger partial charge in [-0.05, 0) is 44.9 Å². The third kappa shape index (κ3) is 2.15. The number of benzene rings is 1. The highest BCUT2D eigenvalue weighted by molar-refractivity contribution is 5.96. The van der Waals surface area contributed by atoms with Gasteiger partial charge in [0.05, 0.1) is 11.4 Å². The molecule has 1 aromatic rings. The summed E-state index contributed by atoms with van der Waals surface area (Å²) >= 11 is 0. The van der Waals surface area contributed by atoms with Crippen LogP contribution < -0.4 is 16.0 Å². The van der Waals surface area contributed by atoms with Crippen molar-refractivity contribution in [2.45, 2.75) is 32.2 Å². The van der Waals surface area contributed by atoms with Crippen LogP contribution in [0.5, 0.6) is 0 Å². The van der Waals surface area contributed by atoms with E-state index in [1.165, 1.54) is 0 Å². The first kappa shape index (κ1) is 12.7. The molecule has 0 saturated carbocycles. The molecular weight excluding hydrogens is 226 g/mol. The zero-order valence-corrected chi connectivity index (χ0v) is 11.3. The van der Waals surface area contributed by atoms with Crippen LogP contribution in [0.4, 0.5) is 11.4 Å². The Morgan fingerprint density at radius 1 is 1.44 bits per heavy atom. The molecule has 4 nitrogen and oxygen atoms in total. The van der Waals surface area contributed by atoms with Crippen LogP contribution in [0.2, 0.25) is 0 Å². The Bertz CT molecular complexity index is 468. The summed E-state index contributed by atoms with van der Waals surface area (Å²) in [5, 5.41) is 2.64. The van der Waals surface area contributed by atoms with Crippen LogP contribution in [0.15, 0.2) is 18.2 Å². The summed E-state index contributed by atoms with van der Waals surface area (Å²) in [5.74, 6) is -0.0757. The van der Waals surface area contributed by atoms with Gasteiger partial charge in [-0.2, -0.15) is 0 Å². The van der Waals surface area contributed by atoms with E-state index in [0.29, 0.717) is 5.56 Å². The SMILES string of the molecule is CNC(=O)c1ccc(N)c(N2CCCC2(C)C)c1. The van der Waals surface area contributed by atoms with E-state index in [2.05, 4.69) is 24.1 Å². The third-order valence-electron chi connectivity index (χ3n) is 3.71. The lowest BCUT2D eigenvalue weighted by molar-refractivity contribution is 0.0963. The number of rotatable bonds is 2. The molecule has 18 heavy (non-hydrogen) atoms. The molecule has 0 spiro atoms. The van der Waals surface area contributed by atoms with E-state index in [1.54, 1.807) is 13.1 Å². The minimum absolute atomic E-state index is 0.0757. The van der Waals surface area contributed by atoms with E-state index in [1.807, 2.05) is 12.1 Å². The number of nitrogens with one attached hydrogen (secondary N) is 1. The highest BCUT2D eigenvalue weighted by Crippen LogP contribution is 2.37. The fourth-order valence-corrected chi connectivity index (χ4v) is 2.62. The first-order valence-electron chi connectivity index (χ1n) is 6.35. The van der Waals surface area contributed by atoms with Gasteiger partial charge in [0.1, 0.15) is 0 Å². The van der Waals surface area contributed by atoms with Crippen molar-refractivity contribution in [2.24, 2.45) is 0 Å². The van der Waals surface area contributed by atoms with Gasteiger partial charge in [-0.3, -0.25) is 4.79 Å². The first-order chi connectivity index (χ1) is 8.45. The smallest absolute Gasteiger partial charge is 0.251 e. The van der Waals surface area contributed by atoms with Gasteiger partial charge in [0, 0.05) is 24.7 Å². The van der Waals surface area contributed by atoms with Crippen molar-refractivity contribution >= 4 is 17.3 Å². The molecule has 98 valence electrons. The molecule has 0 bridgehead atoms. The standard InChI is InChI=1S/C14H21N3O/c1-14(2)7-4-8-17(14)12-9-10(13(18)16-3)5-6-11(12)15/h5-6,9H,4,7-8,15H2,1-3H3,(H,16,18). The lowest BCUT2D eigenvalue weighted by Gasteiger charge is -2.34. The van der Waals surface area contributed by atoms with E-state index in [9.17, 15) is 4.79 Å². The van der Waals surface area contributed by atoms with Gasteiger partial charge in [-0.25, -0.2) is 0 Å². The Morgan fingerprint density at radius 2 is 2.17 bits per heavy atom. The van der Waals surface area contributed by atoms with Gasteiger partial charge in [-0.1, -0.05) is 0 Å². The molecule has 1 heterocycles. The number of nitrogens with zero attached hydrogens (tertiary/aromatic N) is 1. The van der Waals surface area contributed by atoms with E-state index < -0.39 is 0 Å². The normalized spacial score (nSPS) is 17.8. The summed E-state index contributed by atoms with van der Waals surface area (Å²) in [6.07, 6.45) is 2.31. The first-order valence-corrected chi connectivity index (χ1v) is 6.35. The topological polar surface area (TPSA) is 58.4 Å². The van der Waals surface area contributed by atoms with Crippen LogP contribution in [0, 0.1) is 0 Å². The van der Waals surface area contributed by atoms with E-state index in [-0.39, 0.29) is 11.4 Å². The average Bonchev–Trinajstić information content (AvgIpc) is 2.68. The quantitative estimate of drug-likeness (QED) is 0.786. The van der Waals surface area contributed by atoms with Crippen LogP contribution in [0.25, 0.3) is 0 Å². The maximum atomic E-state index is 11.7.